The van der Waals surface area contributed by atoms with Crippen molar-refractivity contribution in [3.8, 4) is 0 Å². The minimum atomic E-state index is -0.866. The first kappa shape index (κ1) is 13.9. The monoisotopic (exact) mass is 543 g/mol. The molecule has 0 fully saturated rings. The minimum absolute atomic E-state index is 0.127. The molecule has 0 aromatic heterocycles. The van der Waals surface area contributed by atoms with Gasteiger partial charge in [-0.15, -0.1) is 0 Å². The second-order valence-electron chi connectivity index (χ2n) is 2.91. The van der Waals surface area contributed by atoms with Gasteiger partial charge >= 0.3 is 5.97 Å². The van der Waals surface area contributed by atoms with Gasteiger partial charge in [0.2, 0.25) is 0 Å². The third-order valence-electron chi connectivity index (χ3n) is 1.93. The van der Waals surface area contributed by atoms with Crippen LogP contribution in [-0.2, 0) is 4.79 Å². The van der Waals surface area contributed by atoms with E-state index in [9.17, 15) is 4.79 Å². The Hall–Kier alpha value is 0.840. The van der Waals surface area contributed by atoms with E-state index < -0.39 is 11.9 Å². The number of hydrogen-bond donors (Lipinski definition) is 2. The van der Waals surface area contributed by atoms with Gasteiger partial charge in [-0.25, -0.2) is 0 Å². The fourth-order valence-corrected chi connectivity index (χ4v) is 5.56. The average molecular weight is 543 g/mol. The maximum absolute atomic E-state index is 11.0. The number of hydrogen-bond acceptors (Lipinski definition) is 2. The molecular weight excluding hydrogens is 535 g/mol. The average Bonchev–Trinajstić information content (AvgIpc) is 2.09. The van der Waals surface area contributed by atoms with Crippen LogP contribution in [0, 0.1) is 10.7 Å². The Kier molecular flexibility index (Phi) is 5.52. The molecule has 3 nitrogen and oxygen atoms in total. The molecule has 0 radical (unpaired) electrons. The van der Waals surface area contributed by atoms with E-state index in [4.69, 9.17) is 10.8 Å². The molecule has 15 heavy (non-hydrogen) atoms. The van der Waals surface area contributed by atoms with Gasteiger partial charge in [0.15, 0.2) is 0 Å². The van der Waals surface area contributed by atoms with Crippen LogP contribution in [0.4, 0.5) is 0 Å². The van der Waals surface area contributed by atoms with Crippen LogP contribution < -0.4 is 5.73 Å². The summed E-state index contributed by atoms with van der Waals surface area (Å²) in [5.41, 5.74) is 6.32. The first-order valence-corrected chi connectivity index (χ1v) is 7.28. The summed E-state index contributed by atoms with van der Waals surface area (Å²) in [5, 5.41) is 9.06. The molecule has 0 spiro atoms. The topological polar surface area (TPSA) is 63.3 Å². The number of benzene rings is 1. The van der Waals surface area contributed by atoms with Crippen LogP contribution in [0.25, 0.3) is 0 Å². The molecule has 1 atom stereocenters. The molecule has 82 valence electrons. The summed E-state index contributed by atoms with van der Waals surface area (Å²) in [4.78, 5) is 11.0. The Bertz CT molecular complexity index is 372. The third kappa shape index (κ3) is 3.40. The molecule has 0 heterocycles. The van der Waals surface area contributed by atoms with Gasteiger partial charge in [0.1, 0.15) is 0 Å². The third-order valence-corrected chi connectivity index (χ3v) is 4.33. The minimum Gasteiger partial charge on any atom is -0.481 e. The summed E-state index contributed by atoms with van der Waals surface area (Å²) in [6.07, 6.45) is 0. The van der Waals surface area contributed by atoms with Crippen molar-refractivity contribution in [2.45, 2.75) is 5.92 Å². The van der Waals surface area contributed by atoms with Gasteiger partial charge in [-0.3, -0.25) is 4.79 Å². The zero-order valence-electron chi connectivity index (χ0n) is 7.51. The van der Waals surface area contributed by atoms with Gasteiger partial charge in [-0.05, 0) is 85.5 Å². The van der Waals surface area contributed by atoms with Crippen molar-refractivity contribution in [2.75, 3.05) is 6.54 Å². The van der Waals surface area contributed by atoms with E-state index in [1.54, 1.807) is 0 Å². The Morgan fingerprint density at radius 3 is 2.13 bits per heavy atom. The number of rotatable bonds is 3. The summed E-state index contributed by atoms with van der Waals surface area (Å²) < 4.78 is 3.02. The van der Waals surface area contributed by atoms with E-state index in [1.807, 2.05) is 12.1 Å². The number of aliphatic carboxylic acids is 1. The summed E-state index contributed by atoms with van der Waals surface area (Å²) in [5.74, 6) is -1.48. The zero-order chi connectivity index (χ0) is 11.6. The highest BCUT2D eigenvalue weighted by molar-refractivity contribution is 14.1. The number of carboxylic acid groups (broad SMARTS) is 1. The number of nitrogens with two attached hydrogens (primary N) is 1. The summed E-state index contributed by atoms with van der Waals surface area (Å²) >= 11 is 6.52. The summed E-state index contributed by atoms with van der Waals surface area (Å²) in [6.45, 7) is 0.127. The van der Waals surface area contributed by atoms with E-state index in [0.717, 1.165) is 16.3 Å². The summed E-state index contributed by atoms with van der Waals surface area (Å²) in [7, 11) is 0. The molecule has 3 N–H and O–H groups in total. The van der Waals surface area contributed by atoms with Crippen molar-refractivity contribution >= 4 is 73.7 Å². The lowest BCUT2D eigenvalue weighted by atomic mass is 10.00. The Balaban J connectivity index is 3.29. The van der Waals surface area contributed by atoms with Gasteiger partial charge in [-0.2, -0.15) is 0 Å². The van der Waals surface area contributed by atoms with Gasteiger partial charge in [0.05, 0.1) is 5.92 Å². The van der Waals surface area contributed by atoms with Crippen molar-refractivity contribution in [3.05, 3.63) is 28.4 Å². The zero-order valence-corrected chi connectivity index (χ0v) is 14.0. The molecule has 0 aliphatic carbocycles. The van der Waals surface area contributed by atoms with Crippen molar-refractivity contribution in [3.63, 3.8) is 0 Å². The van der Waals surface area contributed by atoms with E-state index in [-0.39, 0.29) is 6.54 Å². The van der Waals surface area contributed by atoms with Crippen LogP contribution in [0.5, 0.6) is 0 Å². The molecule has 0 saturated heterocycles. The molecule has 0 aliphatic rings. The number of halogens is 3. The fourth-order valence-electron chi connectivity index (χ4n) is 1.23. The van der Waals surface area contributed by atoms with Gasteiger partial charge in [0.25, 0.3) is 0 Å². The molecule has 1 unspecified atom stereocenters. The fraction of sp³-hybridized carbons (Fsp3) is 0.222. The molecule has 0 bridgehead atoms. The highest BCUT2D eigenvalue weighted by Crippen LogP contribution is 2.28. The second-order valence-corrected chi connectivity index (χ2v) is 6.48. The standard InChI is InChI=1S/C9H8I3NO2/c10-4-1-6(11)8(7(12)2-4)5(3-13)9(14)15/h1-2,5H,3,13H2,(H,14,15). The van der Waals surface area contributed by atoms with Crippen LogP contribution >= 0.6 is 67.8 Å². The van der Waals surface area contributed by atoms with Gasteiger partial charge < -0.3 is 10.8 Å². The second kappa shape index (κ2) is 5.96. The maximum Gasteiger partial charge on any atom is 0.312 e. The van der Waals surface area contributed by atoms with Crippen molar-refractivity contribution in [1.82, 2.24) is 0 Å². The van der Waals surface area contributed by atoms with Crippen LogP contribution in [0.2, 0.25) is 0 Å². The molecule has 0 saturated carbocycles. The molecule has 1 aromatic carbocycles. The first-order valence-electron chi connectivity index (χ1n) is 4.04. The molecule has 1 rings (SSSR count). The van der Waals surface area contributed by atoms with Crippen molar-refractivity contribution in [1.29, 1.82) is 0 Å². The number of carbonyl (C=O) groups is 1. The molecule has 1 aromatic rings. The van der Waals surface area contributed by atoms with Crippen LogP contribution in [0.15, 0.2) is 12.1 Å². The Morgan fingerprint density at radius 1 is 1.33 bits per heavy atom. The summed E-state index contributed by atoms with van der Waals surface area (Å²) in [6, 6.07) is 3.93. The van der Waals surface area contributed by atoms with E-state index >= 15 is 0 Å². The van der Waals surface area contributed by atoms with Gasteiger partial charge in [0, 0.05) is 17.3 Å². The molecule has 6 heteroatoms. The van der Waals surface area contributed by atoms with Crippen LogP contribution in [0.3, 0.4) is 0 Å². The van der Waals surface area contributed by atoms with Crippen molar-refractivity contribution < 1.29 is 9.90 Å². The SMILES string of the molecule is NCC(C(=O)O)c1c(I)cc(I)cc1I. The Labute approximate surface area is 129 Å². The lowest BCUT2D eigenvalue weighted by Gasteiger charge is -2.14. The number of carboxylic acids is 1. The Morgan fingerprint density at radius 2 is 1.80 bits per heavy atom. The van der Waals surface area contributed by atoms with E-state index in [0.29, 0.717) is 0 Å². The predicted octanol–water partition coefficient (Wildman–Crippen LogP) is 2.63. The first-order chi connectivity index (χ1) is 6.97. The van der Waals surface area contributed by atoms with Crippen LogP contribution in [-0.4, -0.2) is 17.6 Å². The lowest BCUT2D eigenvalue weighted by Crippen LogP contribution is -2.23. The highest BCUT2D eigenvalue weighted by Gasteiger charge is 2.23. The van der Waals surface area contributed by atoms with Gasteiger partial charge in [-0.1, -0.05) is 0 Å². The van der Waals surface area contributed by atoms with E-state index in [2.05, 4.69) is 67.8 Å². The predicted molar refractivity (Wildman–Crippen MR) is 84.0 cm³/mol. The molecule has 0 aliphatic heterocycles. The maximum atomic E-state index is 11.0. The lowest BCUT2D eigenvalue weighted by molar-refractivity contribution is -0.138. The van der Waals surface area contributed by atoms with E-state index in [1.165, 1.54) is 0 Å². The van der Waals surface area contributed by atoms with Crippen molar-refractivity contribution in [2.24, 2.45) is 5.73 Å². The molecule has 0 amide bonds. The highest BCUT2D eigenvalue weighted by atomic mass is 127. The smallest absolute Gasteiger partial charge is 0.312 e. The molecular formula is C9H8I3NO2. The van der Waals surface area contributed by atoms with Crippen LogP contribution in [0.1, 0.15) is 11.5 Å². The largest absolute Gasteiger partial charge is 0.481 e. The quantitative estimate of drug-likeness (QED) is 0.578. The normalized spacial score (nSPS) is 12.5.